The van der Waals surface area contributed by atoms with Crippen molar-refractivity contribution in [2.24, 2.45) is 5.92 Å². The predicted octanol–water partition coefficient (Wildman–Crippen LogP) is 4.08. The number of rotatable bonds is 3. The van der Waals surface area contributed by atoms with Crippen molar-refractivity contribution in [2.75, 3.05) is 0 Å². The summed E-state index contributed by atoms with van der Waals surface area (Å²) in [5, 5.41) is 10.1. The minimum atomic E-state index is 0.551. The highest BCUT2D eigenvalue weighted by molar-refractivity contribution is 5.40. The molecule has 1 aliphatic carbocycles. The van der Waals surface area contributed by atoms with Crippen LogP contribution in [0.1, 0.15) is 50.2 Å². The summed E-state index contributed by atoms with van der Waals surface area (Å²) >= 11 is 0. The quantitative estimate of drug-likeness (QED) is 0.810. The maximum absolute atomic E-state index is 10.1. The molecular formula is C15H22O. The topological polar surface area (TPSA) is 20.2 Å². The average molecular weight is 218 g/mol. The van der Waals surface area contributed by atoms with Crippen molar-refractivity contribution in [1.29, 1.82) is 0 Å². The Balaban J connectivity index is 2.08. The normalized spacial score (nSPS) is 17.6. The molecule has 0 atom stereocenters. The van der Waals surface area contributed by atoms with Gasteiger partial charge in [0.15, 0.2) is 0 Å². The lowest BCUT2D eigenvalue weighted by Gasteiger charge is -2.22. The highest BCUT2D eigenvalue weighted by Gasteiger charge is 2.16. The fourth-order valence-corrected chi connectivity index (χ4v) is 2.80. The van der Waals surface area contributed by atoms with Gasteiger partial charge in [0.1, 0.15) is 5.75 Å². The minimum absolute atomic E-state index is 0.551. The fraction of sp³-hybridized carbons (Fsp3) is 0.600. The van der Waals surface area contributed by atoms with E-state index in [0.717, 1.165) is 29.9 Å². The molecule has 0 bridgehead atoms. The molecule has 1 N–H and O–H groups in total. The maximum atomic E-state index is 10.1. The summed E-state index contributed by atoms with van der Waals surface area (Å²) in [4.78, 5) is 0. The Morgan fingerprint density at radius 3 is 2.50 bits per heavy atom. The third-order valence-corrected chi connectivity index (χ3v) is 3.82. The first kappa shape index (κ1) is 11.5. The van der Waals surface area contributed by atoms with E-state index in [-0.39, 0.29) is 0 Å². The second kappa shape index (κ2) is 5.38. The number of benzene rings is 1. The first-order valence-corrected chi connectivity index (χ1v) is 6.61. The zero-order chi connectivity index (χ0) is 11.4. The van der Waals surface area contributed by atoms with Gasteiger partial charge < -0.3 is 5.11 Å². The van der Waals surface area contributed by atoms with Crippen LogP contribution in [0.5, 0.6) is 5.75 Å². The van der Waals surface area contributed by atoms with Crippen LogP contribution < -0.4 is 0 Å². The molecule has 0 spiro atoms. The molecule has 0 aliphatic heterocycles. The molecule has 2 rings (SSSR count). The monoisotopic (exact) mass is 218 g/mol. The van der Waals surface area contributed by atoms with Gasteiger partial charge in [0.25, 0.3) is 0 Å². The molecule has 0 radical (unpaired) electrons. The van der Waals surface area contributed by atoms with E-state index < -0.39 is 0 Å². The summed E-state index contributed by atoms with van der Waals surface area (Å²) in [6.07, 6.45) is 8.82. The molecule has 1 heteroatoms. The molecule has 16 heavy (non-hydrogen) atoms. The van der Waals surface area contributed by atoms with Crippen LogP contribution in [-0.2, 0) is 12.8 Å². The van der Waals surface area contributed by atoms with Crippen molar-refractivity contribution in [3.63, 3.8) is 0 Å². The number of phenolic OH excluding ortho intramolecular Hbond substituents is 1. The van der Waals surface area contributed by atoms with E-state index in [4.69, 9.17) is 0 Å². The highest BCUT2D eigenvalue weighted by atomic mass is 16.3. The second-order valence-electron chi connectivity index (χ2n) is 4.99. The standard InChI is InChI=1S/C15H22O/c1-2-13-9-6-10-14(15(13)16)11-12-7-4-3-5-8-12/h6,9-10,12,16H,2-5,7-8,11H2,1H3. The molecule has 0 amide bonds. The Labute approximate surface area is 98.5 Å². The Bertz CT molecular complexity index is 337. The zero-order valence-electron chi connectivity index (χ0n) is 10.2. The van der Waals surface area contributed by atoms with Gasteiger partial charge in [0, 0.05) is 0 Å². The largest absolute Gasteiger partial charge is 0.507 e. The number of phenols is 1. The van der Waals surface area contributed by atoms with E-state index >= 15 is 0 Å². The van der Waals surface area contributed by atoms with Gasteiger partial charge in [0.2, 0.25) is 0 Å². The van der Waals surface area contributed by atoms with Gasteiger partial charge in [0.05, 0.1) is 0 Å². The second-order valence-corrected chi connectivity index (χ2v) is 4.99. The van der Waals surface area contributed by atoms with E-state index in [1.807, 2.05) is 6.07 Å². The minimum Gasteiger partial charge on any atom is -0.507 e. The molecule has 1 aromatic rings. The summed E-state index contributed by atoms with van der Waals surface area (Å²) in [6.45, 7) is 2.10. The third-order valence-electron chi connectivity index (χ3n) is 3.82. The number of hydrogen-bond acceptors (Lipinski definition) is 1. The Morgan fingerprint density at radius 2 is 1.81 bits per heavy atom. The van der Waals surface area contributed by atoms with E-state index in [1.54, 1.807) is 0 Å². The number of para-hydroxylation sites is 1. The average Bonchev–Trinajstić information content (AvgIpc) is 2.33. The van der Waals surface area contributed by atoms with Gasteiger partial charge in [-0.25, -0.2) is 0 Å². The Hall–Kier alpha value is -0.980. The van der Waals surface area contributed by atoms with Crippen LogP contribution in [0, 0.1) is 5.92 Å². The van der Waals surface area contributed by atoms with Crippen molar-refractivity contribution in [3.8, 4) is 5.75 Å². The van der Waals surface area contributed by atoms with E-state index in [0.29, 0.717) is 5.75 Å². The lowest BCUT2D eigenvalue weighted by molar-refractivity contribution is 0.351. The molecule has 1 saturated carbocycles. The van der Waals surface area contributed by atoms with E-state index in [2.05, 4.69) is 19.1 Å². The fourth-order valence-electron chi connectivity index (χ4n) is 2.80. The number of aryl methyl sites for hydroxylation is 1. The van der Waals surface area contributed by atoms with Crippen molar-refractivity contribution in [3.05, 3.63) is 29.3 Å². The predicted molar refractivity (Wildman–Crippen MR) is 67.8 cm³/mol. The highest BCUT2D eigenvalue weighted by Crippen LogP contribution is 2.31. The van der Waals surface area contributed by atoms with Crippen molar-refractivity contribution >= 4 is 0 Å². The zero-order valence-corrected chi connectivity index (χ0v) is 10.2. The van der Waals surface area contributed by atoms with Crippen LogP contribution >= 0.6 is 0 Å². The molecule has 0 aromatic heterocycles. The Morgan fingerprint density at radius 1 is 1.12 bits per heavy atom. The van der Waals surface area contributed by atoms with Crippen LogP contribution in [0.15, 0.2) is 18.2 Å². The molecule has 0 heterocycles. The van der Waals surface area contributed by atoms with Gasteiger partial charge >= 0.3 is 0 Å². The number of hydrogen-bond donors (Lipinski definition) is 1. The lowest BCUT2D eigenvalue weighted by Crippen LogP contribution is -2.09. The summed E-state index contributed by atoms with van der Waals surface area (Å²) in [5.74, 6) is 1.35. The molecule has 0 saturated heterocycles. The molecule has 1 aromatic carbocycles. The van der Waals surface area contributed by atoms with Crippen LogP contribution in [0.3, 0.4) is 0 Å². The van der Waals surface area contributed by atoms with Crippen LogP contribution in [0.4, 0.5) is 0 Å². The van der Waals surface area contributed by atoms with Gasteiger partial charge in [-0.3, -0.25) is 0 Å². The van der Waals surface area contributed by atoms with Crippen molar-refractivity contribution in [1.82, 2.24) is 0 Å². The molecular weight excluding hydrogens is 196 g/mol. The Kier molecular flexibility index (Phi) is 3.87. The molecule has 0 unspecified atom stereocenters. The van der Waals surface area contributed by atoms with Crippen LogP contribution in [0.2, 0.25) is 0 Å². The van der Waals surface area contributed by atoms with Crippen molar-refractivity contribution in [2.45, 2.75) is 51.9 Å². The summed E-state index contributed by atoms with van der Waals surface area (Å²) in [7, 11) is 0. The van der Waals surface area contributed by atoms with Crippen molar-refractivity contribution < 1.29 is 5.11 Å². The summed E-state index contributed by atoms with van der Waals surface area (Å²) in [6, 6.07) is 6.19. The van der Waals surface area contributed by atoms with E-state index in [1.165, 1.54) is 32.1 Å². The van der Waals surface area contributed by atoms with Gasteiger partial charge in [-0.05, 0) is 29.9 Å². The van der Waals surface area contributed by atoms with Gasteiger partial charge in [-0.15, -0.1) is 0 Å². The van der Waals surface area contributed by atoms with E-state index in [9.17, 15) is 5.11 Å². The molecule has 1 fully saturated rings. The molecule has 1 nitrogen and oxygen atoms in total. The smallest absolute Gasteiger partial charge is 0.121 e. The number of aromatic hydroxyl groups is 1. The summed E-state index contributed by atoms with van der Waals surface area (Å²) in [5.41, 5.74) is 2.25. The first-order chi connectivity index (χ1) is 7.81. The molecule has 88 valence electrons. The van der Waals surface area contributed by atoms with Gasteiger partial charge in [-0.1, -0.05) is 57.2 Å². The maximum Gasteiger partial charge on any atom is 0.121 e. The van der Waals surface area contributed by atoms with Gasteiger partial charge in [-0.2, -0.15) is 0 Å². The third kappa shape index (κ3) is 2.58. The lowest BCUT2D eigenvalue weighted by atomic mass is 9.84. The van der Waals surface area contributed by atoms with Crippen LogP contribution in [-0.4, -0.2) is 5.11 Å². The van der Waals surface area contributed by atoms with Crippen LogP contribution in [0.25, 0.3) is 0 Å². The molecule has 1 aliphatic rings. The SMILES string of the molecule is CCc1cccc(CC2CCCCC2)c1O. The first-order valence-electron chi connectivity index (χ1n) is 6.61. The summed E-state index contributed by atoms with van der Waals surface area (Å²) < 4.78 is 0.